The van der Waals surface area contributed by atoms with Crippen molar-refractivity contribution in [2.45, 2.75) is 6.04 Å². The van der Waals surface area contributed by atoms with Gasteiger partial charge in [-0.15, -0.1) is 0 Å². The number of halogens is 1. The predicted octanol–water partition coefficient (Wildman–Crippen LogP) is 0.621. The van der Waals surface area contributed by atoms with Crippen LogP contribution in [0.2, 0.25) is 0 Å². The van der Waals surface area contributed by atoms with Crippen molar-refractivity contribution < 1.29 is 24.4 Å². The van der Waals surface area contributed by atoms with Crippen molar-refractivity contribution in [1.29, 1.82) is 0 Å². The number of carbonyl (C=O) groups is 2. The molecule has 0 spiro atoms. The predicted molar refractivity (Wildman–Crippen MR) is 71.2 cm³/mol. The van der Waals surface area contributed by atoms with E-state index < -0.39 is 29.4 Å². The first-order chi connectivity index (χ1) is 9.40. The summed E-state index contributed by atoms with van der Waals surface area (Å²) in [5, 5.41) is 21.9. The molecule has 0 aliphatic heterocycles. The highest BCUT2D eigenvalue weighted by molar-refractivity contribution is 9.10. The minimum atomic E-state index is -1.24. The van der Waals surface area contributed by atoms with E-state index in [1.807, 2.05) is 0 Å². The van der Waals surface area contributed by atoms with Gasteiger partial charge in [0.2, 0.25) is 0 Å². The molecule has 0 bridgehead atoms. The van der Waals surface area contributed by atoms with Crippen LogP contribution in [0, 0.1) is 10.1 Å². The second-order valence-electron chi connectivity index (χ2n) is 3.65. The van der Waals surface area contributed by atoms with E-state index in [2.05, 4.69) is 26.0 Å². The van der Waals surface area contributed by atoms with Crippen LogP contribution >= 0.6 is 15.9 Å². The summed E-state index contributed by atoms with van der Waals surface area (Å²) < 4.78 is 4.72. The smallest absolute Gasteiger partial charge is 0.330 e. The molecule has 0 fully saturated rings. The Hall–Kier alpha value is -2.00. The van der Waals surface area contributed by atoms with E-state index in [9.17, 15) is 19.7 Å². The number of non-ortho nitro benzene ring substituents is 1. The summed E-state index contributed by atoms with van der Waals surface area (Å²) in [6.45, 7) is -0.648. The minimum absolute atomic E-state index is 0.0263. The van der Waals surface area contributed by atoms with Crippen LogP contribution in [-0.2, 0) is 9.53 Å². The van der Waals surface area contributed by atoms with Crippen LogP contribution in [0.4, 0.5) is 5.69 Å². The van der Waals surface area contributed by atoms with E-state index in [0.717, 1.165) is 13.2 Å². The summed E-state index contributed by atoms with van der Waals surface area (Å²) in [7, 11) is 1.11. The lowest BCUT2D eigenvalue weighted by Gasteiger charge is -2.14. The van der Waals surface area contributed by atoms with E-state index in [1.165, 1.54) is 12.1 Å². The molecular formula is C11H11BrN2O6. The van der Waals surface area contributed by atoms with Gasteiger partial charge in [0.1, 0.15) is 0 Å². The number of nitro groups is 1. The lowest BCUT2D eigenvalue weighted by Crippen LogP contribution is -2.44. The summed E-state index contributed by atoms with van der Waals surface area (Å²) in [5.74, 6) is -1.56. The number of benzene rings is 1. The Morgan fingerprint density at radius 2 is 2.20 bits per heavy atom. The van der Waals surface area contributed by atoms with Crippen LogP contribution in [0.5, 0.6) is 0 Å². The van der Waals surface area contributed by atoms with Gasteiger partial charge in [-0.25, -0.2) is 4.79 Å². The van der Waals surface area contributed by atoms with Crippen molar-refractivity contribution in [3.8, 4) is 0 Å². The zero-order valence-electron chi connectivity index (χ0n) is 10.3. The summed E-state index contributed by atoms with van der Waals surface area (Å²) in [6.07, 6.45) is 0. The second kappa shape index (κ2) is 6.96. The Morgan fingerprint density at radius 3 is 2.70 bits per heavy atom. The van der Waals surface area contributed by atoms with E-state index in [4.69, 9.17) is 5.11 Å². The average molecular weight is 347 g/mol. The van der Waals surface area contributed by atoms with Gasteiger partial charge in [-0.2, -0.15) is 0 Å². The van der Waals surface area contributed by atoms with Gasteiger partial charge in [-0.1, -0.05) is 0 Å². The van der Waals surface area contributed by atoms with Gasteiger partial charge in [-0.3, -0.25) is 14.9 Å². The Bertz CT molecular complexity index is 548. The number of hydrogen-bond donors (Lipinski definition) is 2. The number of carbonyl (C=O) groups excluding carboxylic acids is 2. The molecule has 0 aliphatic carbocycles. The van der Waals surface area contributed by atoms with Crippen LogP contribution in [-0.4, -0.2) is 41.7 Å². The summed E-state index contributed by atoms with van der Waals surface area (Å²) in [5.41, 5.74) is -0.293. The third kappa shape index (κ3) is 3.75. The normalized spacial score (nSPS) is 11.6. The standard InChI is InChI=1S/C11H11BrN2O6/c1-20-11(17)9(5-15)13-10(16)7-4-6(14(18)19)2-3-8(7)12/h2-4,9,15H,5H2,1H3,(H,13,16). The zero-order chi connectivity index (χ0) is 15.3. The van der Waals surface area contributed by atoms with Gasteiger partial charge in [0.05, 0.1) is 24.2 Å². The molecule has 1 atom stereocenters. The Balaban J connectivity index is 2.99. The largest absolute Gasteiger partial charge is 0.467 e. The first-order valence-corrected chi connectivity index (χ1v) is 6.13. The number of aliphatic hydroxyl groups is 1. The van der Waals surface area contributed by atoms with Crippen molar-refractivity contribution >= 4 is 33.5 Å². The van der Waals surface area contributed by atoms with Crippen molar-refractivity contribution in [2.75, 3.05) is 13.7 Å². The van der Waals surface area contributed by atoms with Crippen LogP contribution in [0.15, 0.2) is 22.7 Å². The topological polar surface area (TPSA) is 119 Å². The Morgan fingerprint density at radius 1 is 1.55 bits per heavy atom. The molecule has 1 aromatic rings. The third-order valence-electron chi connectivity index (χ3n) is 2.38. The highest BCUT2D eigenvalue weighted by Crippen LogP contribution is 2.22. The first-order valence-electron chi connectivity index (χ1n) is 5.34. The average Bonchev–Trinajstić information content (AvgIpc) is 2.43. The molecule has 1 amide bonds. The highest BCUT2D eigenvalue weighted by atomic mass is 79.9. The molecule has 0 heterocycles. The number of hydrogen-bond acceptors (Lipinski definition) is 6. The number of nitro benzene ring substituents is 1. The number of ether oxygens (including phenoxy) is 1. The maximum Gasteiger partial charge on any atom is 0.330 e. The molecule has 108 valence electrons. The summed E-state index contributed by atoms with van der Waals surface area (Å²) in [4.78, 5) is 33.2. The van der Waals surface area contributed by atoms with Crippen LogP contribution in [0.25, 0.3) is 0 Å². The molecule has 8 nitrogen and oxygen atoms in total. The van der Waals surface area contributed by atoms with E-state index in [-0.39, 0.29) is 11.3 Å². The number of nitrogens with zero attached hydrogens (tertiary/aromatic N) is 1. The molecule has 20 heavy (non-hydrogen) atoms. The van der Waals surface area contributed by atoms with Crippen molar-refractivity contribution in [2.24, 2.45) is 0 Å². The lowest BCUT2D eigenvalue weighted by atomic mass is 10.1. The molecule has 0 aliphatic rings. The van der Waals surface area contributed by atoms with Gasteiger partial charge in [0, 0.05) is 16.6 Å². The fraction of sp³-hybridized carbons (Fsp3) is 0.273. The fourth-order valence-corrected chi connectivity index (χ4v) is 1.78. The fourth-order valence-electron chi connectivity index (χ4n) is 1.36. The van der Waals surface area contributed by atoms with Crippen molar-refractivity contribution in [3.63, 3.8) is 0 Å². The number of nitrogens with one attached hydrogen (secondary N) is 1. The Kier molecular flexibility index (Phi) is 5.59. The van der Waals surface area contributed by atoms with Gasteiger partial charge in [0.15, 0.2) is 6.04 Å². The number of rotatable bonds is 5. The highest BCUT2D eigenvalue weighted by Gasteiger charge is 2.23. The molecular weight excluding hydrogens is 336 g/mol. The molecule has 1 aromatic carbocycles. The maximum absolute atomic E-state index is 11.9. The van der Waals surface area contributed by atoms with Crippen LogP contribution in [0.3, 0.4) is 0 Å². The molecule has 0 saturated heterocycles. The van der Waals surface area contributed by atoms with Crippen molar-refractivity contribution in [3.05, 3.63) is 38.3 Å². The third-order valence-corrected chi connectivity index (χ3v) is 3.07. The van der Waals surface area contributed by atoms with E-state index >= 15 is 0 Å². The van der Waals surface area contributed by atoms with Gasteiger partial charge in [0.25, 0.3) is 11.6 Å². The SMILES string of the molecule is COC(=O)C(CO)NC(=O)c1cc([N+](=O)[O-])ccc1Br. The molecule has 0 aromatic heterocycles. The number of aliphatic hydroxyl groups excluding tert-OH is 1. The second-order valence-corrected chi connectivity index (χ2v) is 4.51. The Labute approximate surface area is 122 Å². The molecule has 9 heteroatoms. The molecule has 1 unspecified atom stereocenters. The minimum Gasteiger partial charge on any atom is -0.467 e. The molecule has 1 rings (SSSR count). The van der Waals surface area contributed by atoms with Crippen molar-refractivity contribution in [1.82, 2.24) is 5.32 Å². The van der Waals surface area contributed by atoms with Gasteiger partial charge >= 0.3 is 5.97 Å². The maximum atomic E-state index is 11.9. The zero-order valence-corrected chi connectivity index (χ0v) is 11.9. The molecule has 2 N–H and O–H groups in total. The van der Waals surface area contributed by atoms with Gasteiger partial charge < -0.3 is 15.2 Å². The van der Waals surface area contributed by atoms with Crippen LogP contribution in [0.1, 0.15) is 10.4 Å². The lowest BCUT2D eigenvalue weighted by molar-refractivity contribution is -0.384. The number of amides is 1. The molecule has 0 radical (unpaired) electrons. The summed E-state index contributed by atoms with van der Waals surface area (Å²) in [6, 6.07) is 2.40. The van der Waals surface area contributed by atoms with E-state index in [0.29, 0.717) is 4.47 Å². The molecule has 0 saturated carbocycles. The van der Waals surface area contributed by atoms with Gasteiger partial charge in [-0.05, 0) is 22.0 Å². The van der Waals surface area contributed by atoms with E-state index in [1.54, 1.807) is 0 Å². The monoisotopic (exact) mass is 346 g/mol. The number of methoxy groups -OCH3 is 1. The quantitative estimate of drug-likeness (QED) is 0.458. The first kappa shape index (κ1) is 16.1. The summed E-state index contributed by atoms with van der Waals surface area (Å²) >= 11 is 3.08. The number of esters is 1. The van der Waals surface area contributed by atoms with Crippen LogP contribution < -0.4 is 5.32 Å².